The Balaban J connectivity index is 2.00. The van der Waals surface area contributed by atoms with Gasteiger partial charge in [0.15, 0.2) is 0 Å². The van der Waals surface area contributed by atoms with E-state index in [4.69, 9.17) is 0 Å². The van der Waals surface area contributed by atoms with Crippen LogP contribution in [-0.4, -0.2) is 35.4 Å². The maximum atomic E-state index is 13.7. The van der Waals surface area contributed by atoms with Crippen LogP contribution in [0.15, 0.2) is 36.4 Å². The molecular weight excluding hydrogens is 380 g/mol. The van der Waals surface area contributed by atoms with Gasteiger partial charge in [0, 0.05) is 18.0 Å². The number of fused-ring (bicyclic) bond motifs is 1. The van der Waals surface area contributed by atoms with Crippen molar-refractivity contribution in [3.05, 3.63) is 53.2 Å². The average Bonchev–Trinajstić information content (AvgIpc) is 3.40. The van der Waals surface area contributed by atoms with Crippen molar-refractivity contribution in [1.29, 1.82) is 5.26 Å². The minimum Gasteiger partial charge on any atom is -0.358 e. The quantitative estimate of drug-likeness (QED) is 0.563. The third-order valence-corrected chi connectivity index (χ3v) is 6.54. The summed E-state index contributed by atoms with van der Waals surface area (Å²) >= 11 is 0. The van der Waals surface area contributed by atoms with Crippen LogP contribution in [-0.2, 0) is 0 Å². The number of alkyl halides is 2. The summed E-state index contributed by atoms with van der Waals surface area (Å²) < 4.78 is 29.6. The van der Waals surface area contributed by atoms with E-state index in [2.05, 4.69) is 36.6 Å². The van der Waals surface area contributed by atoms with Gasteiger partial charge in [0.2, 0.25) is 0 Å². The second-order valence-corrected chi connectivity index (χ2v) is 8.67. The Morgan fingerprint density at radius 2 is 1.90 bits per heavy atom. The number of nitrogens with zero attached hydrogens (tertiary/aromatic N) is 3. The Kier molecular flexibility index (Phi) is 5.94. The average molecular weight is 410 g/mol. The van der Waals surface area contributed by atoms with Crippen LogP contribution in [0.25, 0.3) is 16.6 Å². The minimum absolute atomic E-state index is 0.301. The van der Waals surface area contributed by atoms with Gasteiger partial charge in [0.25, 0.3) is 0 Å². The van der Waals surface area contributed by atoms with E-state index in [1.54, 1.807) is 4.90 Å². The van der Waals surface area contributed by atoms with Crippen LogP contribution in [0.2, 0.25) is 0 Å². The molecule has 1 saturated carbocycles. The maximum Gasteiger partial charge on any atom is 0.112 e. The lowest BCUT2D eigenvalue weighted by Gasteiger charge is -2.34. The van der Waals surface area contributed by atoms with Gasteiger partial charge in [0.1, 0.15) is 19.4 Å². The van der Waals surface area contributed by atoms with Gasteiger partial charge in [0.05, 0.1) is 28.5 Å². The number of rotatable bonds is 6. The van der Waals surface area contributed by atoms with Crippen molar-refractivity contribution < 1.29 is 8.78 Å². The number of benzene rings is 1. The molecule has 0 atom stereocenters. The van der Waals surface area contributed by atoms with E-state index in [1.807, 2.05) is 24.3 Å². The summed E-state index contributed by atoms with van der Waals surface area (Å²) in [7, 11) is 0. The summed E-state index contributed by atoms with van der Waals surface area (Å²) in [4.78, 5) is 1.78. The number of halogens is 2. The lowest BCUT2D eigenvalue weighted by Crippen LogP contribution is -2.39. The van der Waals surface area contributed by atoms with E-state index >= 15 is 0 Å². The van der Waals surface area contributed by atoms with Crippen molar-refractivity contribution in [2.24, 2.45) is 0 Å². The van der Waals surface area contributed by atoms with Gasteiger partial charge in [-0.3, -0.25) is 0 Å². The van der Waals surface area contributed by atoms with Gasteiger partial charge in [-0.15, -0.1) is 0 Å². The Labute approximate surface area is 177 Å². The molecule has 1 aliphatic carbocycles. The molecule has 3 nitrogen and oxygen atoms in total. The molecule has 4 rings (SSSR count). The SMILES string of the molecule is CC(C)c1ccc2c(C#N)c(C3=CC=CCN3C(CF)CF)n(C3CCCC3)c2c1. The maximum absolute atomic E-state index is 13.7. The number of allylic oxidation sites excluding steroid dienone is 2. The molecule has 2 heterocycles. The number of aromatic nitrogens is 1. The molecule has 1 fully saturated rings. The Morgan fingerprint density at radius 1 is 1.17 bits per heavy atom. The van der Waals surface area contributed by atoms with Crippen molar-refractivity contribution in [2.45, 2.75) is 57.5 Å². The predicted molar refractivity (Wildman–Crippen MR) is 118 cm³/mol. The molecule has 0 N–H and O–H groups in total. The van der Waals surface area contributed by atoms with E-state index < -0.39 is 19.4 Å². The molecule has 5 heteroatoms. The first kappa shape index (κ1) is 20.7. The molecule has 0 amide bonds. The fourth-order valence-electron chi connectivity index (χ4n) is 4.89. The van der Waals surface area contributed by atoms with Gasteiger partial charge >= 0.3 is 0 Å². The summed E-state index contributed by atoms with van der Waals surface area (Å²) in [5, 5.41) is 11.1. The minimum atomic E-state index is -0.839. The molecule has 30 heavy (non-hydrogen) atoms. The van der Waals surface area contributed by atoms with Crippen molar-refractivity contribution in [2.75, 3.05) is 19.9 Å². The fourth-order valence-corrected chi connectivity index (χ4v) is 4.89. The van der Waals surface area contributed by atoms with Gasteiger partial charge in [-0.05, 0) is 36.5 Å². The van der Waals surface area contributed by atoms with Crippen molar-refractivity contribution in [1.82, 2.24) is 9.47 Å². The van der Waals surface area contributed by atoms with Crippen molar-refractivity contribution in [3.63, 3.8) is 0 Å². The molecule has 0 unspecified atom stereocenters. The van der Waals surface area contributed by atoms with E-state index in [0.717, 1.165) is 48.0 Å². The van der Waals surface area contributed by atoms with E-state index in [9.17, 15) is 14.0 Å². The molecule has 0 bridgehead atoms. The standard InChI is InChI=1S/C25H29F2N3/c1-17(2)18-10-11-21-22(16-28)25(30(24(21)13-18)19-7-3-4-8-19)23-9-5-6-12-29(23)20(14-26)15-27/h5-6,9-11,13,17,19-20H,3-4,7-8,12,14-15H2,1-2H3. The Hall–Kier alpha value is -2.61. The van der Waals surface area contributed by atoms with Crippen LogP contribution in [0.1, 0.15) is 68.3 Å². The van der Waals surface area contributed by atoms with Gasteiger partial charge in [-0.1, -0.05) is 51.0 Å². The molecule has 158 valence electrons. The van der Waals surface area contributed by atoms with Crippen molar-refractivity contribution in [3.8, 4) is 6.07 Å². The number of nitriles is 1. The summed E-state index contributed by atoms with van der Waals surface area (Å²) in [5.74, 6) is 0.381. The summed E-state index contributed by atoms with van der Waals surface area (Å²) in [6.45, 7) is 3.26. The zero-order valence-corrected chi connectivity index (χ0v) is 17.7. The third-order valence-electron chi connectivity index (χ3n) is 6.54. The highest BCUT2D eigenvalue weighted by atomic mass is 19.1. The zero-order valence-electron chi connectivity index (χ0n) is 17.7. The number of hydrogen-bond donors (Lipinski definition) is 0. The van der Waals surface area contributed by atoms with Crippen LogP contribution in [0, 0.1) is 11.3 Å². The lowest BCUT2D eigenvalue weighted by atomic mass is 10.0. The molecule has 1 aromatic carbocycles. The number of hydrogen-bond acceptors (Lipinski definition) is 2. The molecule has 2 aromatic rings. The van der Waals surface area contributed by atoms with Crippen molar-refractivity contribution >= 4 is 16.6 Å². The summed E-state index contributed by atoms with van der Waals surface area (Å²) in [6, 6.07) is 8.23. The normalized spacial score (nSPS) is 17.4. The van der Waals surface area contributed by atoms with E-state index in [-0.39, 0.29) is 0 Å². The first-order valence-electron chi connectivity index (χ1n) is 10.9. The largest absolute Gasteiger partial charge is 0.358 e. The first-order valence-corrected chi connectivity index (χ1v) is 10.9. The van der Waals surface area contributed by atoms with E-state index in [1.165, 1.54) is 5.56 Å². The second-order valence-electron chi connectivity index (χ2n) is 8.67. The highest BCUT2D eigenvalue weighted by molar-refractivity contribution is 5.93. The highest BCUT2D eigenvalue weighted by Crippen LogP contribution is 2.41. The molecule has 2 aliphatic rings. The Bertz CT molecular complexity index is 1020. The summed E-state index contributed by atoms with van der Waals surface area (Å²) in [6.07, 6.45) is 10.2. The predicted octanol–water partition coefficient (Wildman–Crippen LogP) is 6.27. The fraction of sp³-hybridized carbons (Fsp3) is 0.480. The van der Waals surface area contributed by atoms with Crippen LogP contribution in [0.5, 0.6) is 0 Å². The van der Waals surface area contributed by atoms with E-state index in [0.29, 0.717) is 24.1 Å². The molecule has 0 spiro atoms. The topological polar surface area (TPSA) is 32.0 Å². The van der Waals surface area contributed by atoms with Crippen LogP contribution < -0.4 is 0 Å². The second kappa shape index (κ2) is 8.63. The van der Waals surface area contributed by atoms with Gasteiger partial charge in [-0.2, -0.15) is 5.26 Å². The third kappa shape index (κ3) is 3.43. The highest BCUT2D eigenvalue weighted by Gasteiger charge is 2.31. The van der Waals surface area contributed by atoms with Gasteiger partial charge < -0.3 is 9.47 Å². The lowest BCUT2D eigenvalue weighted by molar-refractivity contribution is 0.211. The van der Waals surface area contributed by atoms with Crippen LogP contribution in [0.4, 0.5) is 8.78 Å². The molecule has 0 saturated heterocycles. The molecule has 0 radical (unpaired) electrons. The van der Waals surface area contributed by atoms with Crippen LogP contribution >= 0.6 is 0 Å². The summed E-state index contributed by atoms with van der Waals surface area (Å²) in [5.41, 5.74) is 4.47. The Morgan fingerprint density at radius 3 is 2.53 bits per heavy atom. The smallest absolute Gasteiger partial charge is 0.112 e. The van der Waals surface area contributed by atoms with Gasteiger partial charge in [-0.25, -0.2) is 8.78 Å². The molecular formula is C25H29F2N3. The van der Waals surface area contributed by atoms with Crippen LogP contribution in [0.3, 0.4) is 0 Å². The molecule has 1 aromatic heterocycles. The monoisotopic (exact) mass is 409 g/mol. The molecule has 1 aliphatic heterocycles. The zero-order chi connectivity index (χ0) is 21.3. The first-order chi connectivity index (χ1) is 14.6.